The highest BCUT2D eigenvalue weighted by atomic mass is 32.1. The monoisotopic (exact) mass is 547 g/mol. The number of aryl methyl sites for hydroxylation is 2. The average molecular weight is 548 g/mol. The second-order valence-corrected chi connectivity index (χ2v) is 13.1. The standard InChI is InChI=1S/C33H34F3N2S/c1-20-12-17-27-30(38(20)28-18-26(31(3,4)5)25-11-9-8-10-24(25)21(28)2)39-29(37-27)23-15-13-22(14-16-23)19-32(6,7)33(34,35)36/h8-18H,19H2,1-7H3/q+1. The van der Waals surface area contributed by atoms with Crippen LogP contribution in [0.2, 0.25) is 0 Å². The van der Waals surface area contributed by atoms with E-state index in [1.54, 1.807) is 23.5 Å². The normalized spacial score (nSPS) is 13.0. The number of aromatic nitrogens is 2. The second kappa shape index (κ2) is 9.44. The van der Waals surface area contributed by atoms with Crippen LogP contribution in [0.15, 0.2) is 66.7 Å². The molecule has 202 valence electrons. The van der Waals surface area contributed by atoms with Crippen LogP contribution in [0.3, 0.4) is 0 Å². The Kier molecular flexibility index (Phi) is 6.61. The Labute approximate surface area is 232 Å². The molecule has 0 aliphatic rings. The lowest BCUT2D eigenvalue weighted by Gasteiger charge is -2.27. The van der Waals surface area contributed by atoms with Crippen molar-refractivity contribution in [2.24, 2.45) is 5.41 Å². The maximum absolute atomic E-state index is 13.4. The molecule has 0 saturated heterocycles. The third-order valence-electron chi connectivity index (χ3n) is 7.62. The first-order chi connectivity index (χ1) is 18.2. The van der Waals surface area contributed by atoms with Gasteiger partial charge in [-0.25, -0.2) is 4.98 Å². The molecule has 0 spiro atoms. The first-order valence-electron chi connectivity index (χ1n) is 13.2. The maximum Gasteiger partial charge on any atom is 0.394 e. The van der Waals surface area contributed by atoms with Crippen LogP contribution in [-0.2, 0) is 11.8 Å². The van der Waals surface area contributed by atoms with Gasteiger partial charge in [-0.3, -0.25) is 0 Å². The molecule has 0 fully saturated rings. The van der Waals surface area contributed by atoms with Crippen molar-refractivity contribution in [2.75, 3.05) is 0 Å². The van der Waals surface area contributed by atoms with E-state index in [1.165, 1.54) is 35.7 Å². The van der Waals surface area contributed by atoms with Gasteiger partial charge in [-0.1, -0.05) is 83.1 Å². The summed E-state index contributed by atoms with van der Waals surface area (Å²) in [4.78, 5) is 5.98. The van der Waals surface area contributed by atoms with E-state index in [1.807, 2.05) is 18.2 Å². The molecule has 2 nitrogen and oxygen atoms in total. The highest BCUT2D eigenvalue weighted by molar-refractivity contribution is 7.20. The molecule has 0 bridgehead atoms. The van der Waals surface area contributed by atoms with Crippen molar-refractivity contribution in [3.8, 4) is 16.3 Å². The zero-order valence-electron chi connectivity index (χ0n) is 23.5. The average Bonchev–Trinajstić information content (AvgIpc) is 3.28. The molecule has 0 N–H and O–H groups in total. The predicted octanol–water partition coefficient (Wildman–Crippen LogP) is 9.44. The number of fused-ring (bicyclic) bond motifs is 2. The lowest BCUT2D eigenvalue weighted by Crippen LogP contribution is -2.36. The minimum atomic E-state index is -4.25. The first-order valence-corrected chi connectivity index (χ1v) is 14.0. The van der Waals surface area contributed by atoms with Crippen LogP contribution in [0.25, 0.3) is 37.4 Å². The molecule has 0 amide bonds. The summed E-state index contributed by atoms with van der Waals surface area (Å²) in [5.41, 5.74) is 5.41. The molecular weight excluding hydrogens is 513 g/mol. The van der Waals surface area contributed by atoms with Crippen molar-refractivity contribution in [3.05, 3.63) is 89.1 Å². The van der Waals surface area contributed by atoms with Gasteiger partial charge in [0.05, 0.1) is 5.41 Å². The molecule has 0 radical (unpaired) electrons. The van der Waals surface area contributed by atoms with Crippen LogP contribution >= 0.6 is 11.3 Å². The summed E-state index contributed by atoms with van der Waals surface area (Å²) in [6.45, 7) is 13.5. The highest BCUT2D eigenvalue weighted by Crippen LogP contribution is 2.41. The zero-order valence-corrected chi connectivity index (χ0v) is 24.3. The summed E-state index contributed by atoms with van der Waals surface area (Å²) in [6, 6.07) is 22.4. The van der Waals surface area contributed by atoms with Gasteiger partial charge in [0, 0.05) is 30.2 Å². The van der Waals surface area contributed by atoms with E-state index in [4.69, 9.17) is 4.98 Å². The van der Waals surface area contributed by atoms with Gasteiger partial charge in [0.25, 0.3) is 4.83 Å². The van der Waals surface area contributed by atoms with E-state index in [0.29, 0.717) is 5.56 Å². The highest BCUT2D eigenvalue weighted by Gasteiger charge is 2.46. The summed E-state index contributed by atoms with van der Waals surface area (Å²) in [7, 11) is 0. The third kappa shape index (κ3) is 4.95. The van der Waals surface area contributed by atoms with Gasteiger partial charge in [0.15, 0.2) is 5.69 Å². The topological polar surface area (TPSA) is 16.8 Å². The van der Waals surface area contributed by atoms with Crippen molar-refractivity contribution < 1.29 is 17.7 Å². The largest absolute Gasteiger partial charge is 0.394 e. The van der Waals surface area contributed by atoms with E-state index in [-0.39, 0.29) is 11.8 Å². The minimum Gasteiger partial charge on any atom is -0.229 e. The van der Waals surface area contributed by atoms with Crippen LogP contribution in [0, 0.1) is 19.3 Å². The quantitative estimate of drug-likeness (QED) is 0.205. The smallest absolute Gasteiger partial charge is 0.229 e. The molecule has 39 heavy (non-hydrogen) atoms. The number of hydrogen-bond acceptors (Lipinski definition) is 2. The second-order valence-electron chi connectivity index (χ2n) is 12.1. The third-order valence-corrected chi connectivity index (χ3v) is 8.73. The molecule has 2 heterocycles. The van der Waals surface area contributed by atoms with Crippen LogP contribution < -0.4 is 4.57 Å². The van der Waals surface area contributed by atoms with Crippen LogP contribution in [-0.4, -0.2) is 11.2 Å². The van der Waals surface area contributed by atoms with Crippen molar-refractivity contribution in [3.63, 3.8) is 0 Å². The molecule has 0 unspecified atom stereocenters. The Morgan fingerprint density at radius 3 is 2.08 bits per heavy atom. The fraction of sp³-hybridized carbons (Fsp3) is 0.333. The van der Waals surface area contributed by atoms with Crippen LogP contribution in [0.5, 0.6) is 0 Å². The van der Waals surface area contributed by atoms with Gasteiger partial charge in [-0.15, -0.1) is 4.57 Å². The molecule has 2 aromatic heterocycles. The van der Waals surface area contributed by atoms with E-state index in [2.05, 4.69) is 75.6 Å². The Hall–Kier alpha value is -3.25. The van der Waals surface area contributed by atoms with Gasteiger partial charge >= 0.3 is 6.18 Å². The summed E-state index contributed by atoms with van der Waals surface area (Å²) >= 11 is 1.61. The molecule has 0 saturated carbocycles. The van der Waals surface area contributed by atoms with Gasteiger partial charge < -0.3 is 0 Å². The van der Waals surface area contributed by atoms with Crippen molar-refractivity contribution in [1.82, 2.24) is 4.98 Å². The lowest BCUT2D eigenvalue weighted by molar-refractivity contribution is -0.572. The fourth-order valence-electron chi connectivity index (χ4n) is 5.18. The SMILES string of the molecule is Cc1c(-[n+]2c(C)ccc3nc(-c4ccc(CC(C)(C)C(F)(F)F)cc4)sc32)cc(C(C)(C)C)c2ccccc12. The molecule has 0 aliphatic heterocycles. The molecule has 0 atom stereocenters. The molecule has 5 aromatic rings. The fourth-order valence-corrected chi connectivity index (χ4v) is 6.32. The van der Waals surface area contributed by atoms with E-state index < -0.39 is 11.6 Å². The number of benzene rings is 3. The summed E-state index contributed by atoms with van der Waals surface area (Å²) in [5.74, 6) is 0. The van der Waals surface area contributed by atoms with Crippen LogP contribution in [0.1, 0.15) is 57.0 Å². The van der Waals surface area contributed by atoms with Crippen molar-refractivity contribution in [1.29, 1.82) is 0 Å². The summed E-state index contributed by atoms with van der Waals surface area (Å²) in [6.07, 6.45) is -4.31. The Bertz CT molecular complexity index is 1690. The van der Waals surface area contributed by atoms with E-state index >= 15 is 0 Å². The maximum atomic E-state index is 13.4. The number of hydrogen-bond donors (Lipinski definition) is 0. The minimum absolute atomic E-state index is 0.0360. The Morgan fingerprint density at radius 2 is 1.46 bits per heavy atom. The van der Waals surface area contributed by atoms with E-state index in [0.717, 1.165) is 32.3 Å². The molecule has 0 aliphatic carbocycles. The van der Waals surface area contributed by atoms with Crippen molar-refractivity contribution >= 4 is 32.5 Å². The van der Waals surface area contributed by atoms with E-state index in [9.17, 15) is 13.2 Å². The lowest BCUT2D eigenvalue weighted by atomic mass is 9.82. The molecular formula is C33H34F3N2S+. The molecule has 6 heteroatoms. The van der Waals surface area contributed by atoms with Gasteiger partial charge in [-0.2, -0.15) is 13.2 Å². The Balaban J connectivity index is 1.62. The Morgan fingerprint density at radius 1 is 0.821 bits per heavy atom. The number of alkyl halides is 3. The van der Waals surface area contributed by atoms with Gasteiger partial charge in [-0.05, 0) is 58.1 Å². The zero-order chi connectivity index (χ0) is 28.3. The summed E-state index contributed by atoms with van der Waals surface area (Å²) in [5, 5.41) is 3.36. The number of halogens is 3. The molecule has 3 aromatic carbocycles. The van der Waals surface area contributed by atoms with Crippen LogP contribution in [0.4, 0.5) is 13.2 Å². The van der Waals surface area contributed by atoms with Gasteiger partial charge in [0.1, 0.15) is 10.5 Å². The predicted molar refractivity (Wildman–Crippen MR) is 156 cm³/mol. The van der Waals surface area contributed by atoms with Gasteiger partial charge in [0.2, 0.25) is 5.69 Å². The number of pyridine rings is 1. The number of thiazole rings is 1. The number of nitrogens with zero attached hydrogens (tertiary/aromatic N) is 2. The first kappa shape index (κ1) is 27.3. The summed E-state index contributed by atoms with van der Waals surface area (Å²) < 4.78 is 42.5. The number of rotatable bonds is 4. The van der Waals surface area contributed by atoms with Crippen molar-refractivity contribution in [2.45, 2.75) is 66.5 Å². The molecule has 5 rings (SSSR count).